The zero-order valence-electron chi connectivity index (χ0n) is 14.0. The lowest BCUT2D eigenvalue weighted by molar-refractivity contribution is 0.193. The first-order chi connectivity index (χ1) is 11.9. The molecule has 0 amide bonds. The predicted octanol–water partition coefficient (Wildman–Crippen LogP) is 3.95. The van der Waals surface area contributed by atoms with Crippen LogP contribution in [0.1, 0.15) is 25.8 Å². The molecular formula is C18H21N3O3. The molecule has 0 bridgehead atoms. The number of para-hydroxylation sites is 1. The fourth-order valence-corrected chi connectivity index (χ4v) is 2.16. The average Bonchev–Trinajstić information content (AvgIpc) is 3.17. The first-order valence-electron chi connectivity index (χ1n) is 7.83. The second kappa shape index (κ2) is 9.29. The lowest BCUT2D eigenvalue weighted by atomic mass is 10.0. The highest BCUT2D eigenvalue weighted by Crippen LogP contribution is 2.27. The number of benzene rings is 1. The lowest BCUT2D eigenvalue weighted by Crippen LogP contribution is -2.21. The van der Waals surface area contributed by atoms with Crippen LogP contribution in [0.2, 0.25) is 0 Å². The Balaban J connectivity index is 0.00000100. The molecule has 1 unspecified atom stereocenters. The molecule has 24 heavy (non-hydrogen) atoms. The van der Waals surface area contributed by atoms with Gasteiger partial charge in [0.1, 0.15) is 31.0 Å². The van der Waals surface area contributed by atoms with Crippen molar-refractivity contribution in [3.8, 4) is 11.6 Å². The Morgan fingerprint density at radius 3 is 2.75 bits per heavy atom. The molecule has 1 atom stereocenters. The Bertz CT molecular complexity index is 679. The topological polar surface area (TPSA) is 65.8 Å². The van der Waals surface area contributed by atoms with E-state index in [-0.39, 0.29) is 6.10 Å². The zero-order chi connectivity index (χ0) is 17.2. The summed E-state index contributed by atoms with van der Waals surface area (Å²) in [5, 5.41) is 4.12. The lowest BCUT2D eigenvalue weighted by Gasteiger charge is -2.16. The van der Waals surface area contributed by atoms with Gasteiger partial charge in [0, 0.05) is 24.2 Å². The van der Waals surface area contributed by atoms with E-state index in [4.69, 9.17) is 14.3 Å². The van der Waals surface area contributed by atoms with Gasteiger partial charge >= 0.3 is 0 Å². The highest BCUT2D eigenvalue weighted by atomic mass is 16.6. The second-order valence-electron chi connectivity index (χ2n) is 4.54. The number of nitrogens with zero attached hydrogens (tertiary/aromatic N) is 3. The van der Waals surface area contributed by atoms with E-state index in [1.807, 2.05) is 44.2 Å². The van der Waals surface area contributed by atoms with Gasteiger partial charge in [-0.3, -0.25) is 0 Å². The third kappa shape index (κ3) is 4.32. The SMILES string of the molecule is CC.CO/N=C(\c1ccccc1Oc1ccncn1)C1CC=CO1. The smallest absolute Gasteiger partial charge is 0.222 e. The van der Waals surface area contributed by atoms with Gasteiger partial charge in [0.2, 0.25) is 5.88 Å². The second-order valence-corrected chi connectivity index (χ2v) is 4.54. The Kier molecular flexibility index (Phi) is 6.76. The molecule has 0 saturated carbocycles. The van der Waals surface area contributed by atoms with Crippen molar-refractivity contribution in [2.45, 2.75) is 26.4 Å². The van der Waals surface area contributed by atoms with Crippen LogP contribution in [-0.4, -0.2) is 28.9 Å². The van der Waals surface area contributed by atoms with Gasteiger partial charge in [-0.2, -0.15) is 0 Å². The van der Waals surface area contributed by atoms with Gasteiger partial charge in [-0.05, 0) is 18.2 Å². The van der Waals surface area contributed by atoms with Gasteiger partial charge in [-0.25, -0.2) is 9.97 Å². The molecule has 1 aliphatic rings. The third-order valence-corrected chi connectivity index (χ3v) is 3.12. The fraction of sp³-hybridized carbons (Fsp3) is 0.278. The molecule has 6 nitrogen and oxygen atoms in total. The molecule has 0 saturated heterocycles. The molecule has 126 valence electrons. The summed E-state index contributed by atoms with van der Waals surface area (Å²) in [7, 11) is 1.51. The highest BCUT2D eigenvalue weighted by Gasteiger charge is 2.24. The number of oxime groups is 1. The molecule has 3 rings (SSSR count). The minimum absolute atomic E-state index is 0.185. The van der Waals surface area contributed by atoms with Crippen molar-refractivity contribution in [1.29, 1.82) is 0 Å². The van der Waals surface area contributed by atoms with Crippen LogP contribution in [0.25, 0.3) is 0 Å². The Morgan fingerprint density at radius 1 is 1.25 bits per heavy atom. The van der Waals surface area contributed by atoms with Gasteiger partial charge in [0.15, 0.2) is 0 Å². The third-order valence-electron chi connectivity index (χ3n) is 3.12. The Morgan fingerprint density at radius 2 is 2.08 bits per heavy atom. The van der Waals surface area contributed by atoms with Crippen molar-refractivity contribution in [3.63, 3.8) is 0 Å². The summed E-state index contributed by atoms with van der Waals surface area (Å²) in [6, 6.07) is 9.26. The summed E-state index contributed by atoms with van der Waals surface area (Å²) in [5.74, 6) is 1.09. The summed E-state index contributed by atoms with van der Waals surface area (Å²) >= 11 is 0. The van der Waals surface area contributed by atoms with Crippen LogP contribution in [0.3, 0.4) is 0 Å². The van der Waals surface area contributed by atoms with Crippen molar-refractivity contribution in [2.24, 2.45) is 5.16 Å². The van der Waals surface area contributed by atoms with E-state index in [0.717, 1.165) is 12.0 Å². The van der Waals surface area contributed by atoms with Crippen LogP contribution in [0.5, 0.6) is 11.6 Å². The Hall–Kier alpha value is -2.89. The van der Waals surface area contributed by atoms with E-state index in [9.17, 15) is 0 Å². The molecule has 0 fully saturated rings. The van der Waals surface area contributed by atoms with Gasteiger partial charge in [-0.1, -0.05) is 31.1 Å². The summed E-state index contributed by atoms with van der Waals surface area (Å²) in [6.07, 6.45) is 7.23. The molecule has 1 aliphatic heterocycles. The van der Waals surface area contributed by atoms with Crippen LogP contribution >= 0.6 is 0 Å². The first-order valence-corrected chi connectivity index (χ1v) is 7.83. The van der Waals surface area contributed by atoms with Crippen molar-refractivity contribution in [2.75, 3.05) is 7.11 Å². The van der Waals surface area contributed by atoms with Gasteiger partial charge in [0.25, 0.3) is 0 Å². The van der Waals surface area contributed by atoms with Crippen molar-refractivity contribution >= 4 is 5.71 Å². The molecule has 0 radical (unpaired) electrons. The minimum Gasteiger partial charge on any atom is -0.492 e. The summed E-state index contributed by atoms with van der Waals surface area (Å²) < 4.78 is 11.4. The Labute approximate surface area is 141 Å². The minimum atomic E-state index is -0.185. The largest absolute Gasteiger partial charge is 0.492 e. The highest BCUT2D eigenvalue weighted by molar-refractivity contribution is 6.06. The predicted molar refractivity (Wildman–Crippen MR) is 92.1 cm³/mol. The van der Waals surface area contributed by atoms with E-state index in [1.165, 1.54) is 13.4 Å². The van der Waals surface area contributed by atoms with Gasteiger partial charge < -0.3 is 14.3 Å². The van der Waals surface area contributed by atoms with Crippen LogP contribution in [0, 0.1) is 0 Å². The van der Waals surface area contributed by atoms with Crippen molar-refractivity contribution in [1.82, 2.24) is 9.97 Å². The number of hydrogen-bond acceptors (Lipinski definition) is 6. The van der Waals surface area contributed by atoms with E-state index in [1.54, 1.807) is 18.5 Å². The van der Waals surface area contributed by atoms with Crippen LogP contribution in [0.15, 0.2) is 60.3 Å². The first kappa shape index (κ1) is 17.5. The summed E-state index contributed by atoms with van der Waals surface area (Å²) in [4.78, 5) is 12.9. The maximum absolute atomic E-state index is 5.83. The quantitative estimate of drug-likeness (QED) is 0.614. The molecule has 1 aromatic heterocycles. The van der Waals surface area contributed by atoms with E-state index in [0.29, 0.717) is 17.3 Å². The fourth-order valence-electron chi connectivity index (χ4n) is 2.16. The van der Waals surface area contributed by atoms with E-state index >= 15 is 0 Å². The summed E-state index contributed by atoms with van der Waals surface area (Å²) in [5.41, 5.74) is 1.48. The maximum Gasteiger partial charge on any atom is 0.222 e. The number of ether oxygens (including phenoxy) is 2. The molecule has 0 aliphatic carbocycles. The van der Waals surface area contributed by atoms with E-state index in [2.05, 4.69) is 15.1 Å². The van der Waals surface area contributed by atoms with Crippen molar-refractivity contribution < 1.29 is 14.3 Å². The summed E-state index contributed by atoms with van der Waals surface area (Å²) in [6.45, 7) is 4.00. The van der Waals surface area contributed by atoms with Crippen LogP contribution in [-0.2, 0) is 9.57 Å². The number of rotatable bonds is 5. The molecule has 0 spiro atoms. The van der Waals surface area contributed by atoms with Crippen LogP contribution < -0.4 is 4.74 Å². The molecule has 2 aromatic rings. The molecule has 0 N–H and O–H groups in total. The van der Waals surface area contributed by atoms with Gasteiger partial charge in [0.05, 0.1) is 6.26 Å². The number of hydrogen-bond donors (Lipinski definition) is 0. The molecular weight excluding hydrogens is 306 g/mol. The monoisotopic (exact) mass is 327 g/mol. The van der Waals surface area contributed by atoms with E-state index < -0.39 is 0 Å². The molecule has 2 heterocycles. The standard InChI is InChI=1S/C16H15N3O3.C2H6/c1-20-19-16(14-7-4-10-21-14)12-5-2-3-6-13(12)22-15-8-9-17-11-18-15;1-2/h2-6,8-11,14H,7H2,1H3;1-2H3/b19-16+;. The van der Waals surface area contributed by atoms with Crippen LogP contribution in [0.4, 0.5) is 0 Å². The van der Waals surface area contributed by atoms with Gasteiger partial charge in [-0.15, -0.1) is 0 Å². The zero-order valence-corrected chi connectivity index (χ0v) is 14.0. The molecule has 6 heteroatoms. The molecule has 1 aromatic carbocycles. The van der Waals surface area contributed by atoms with Crippen molar-refractivity contribution in [3.05, 3.63) is 60.8 Å². The number of aromatic nitrogens is 2. The maximum atomic E-state index is 5.83. The normalized spacial score (nSPS) is 16.0. The average molecular weight is 327 g/mol.